The molecule has 4 rings (SSSR count). The van der Waals surface area contributed by atoms with Gasteiger partial charge in [0.2, 0.25) is 0 Å². The first kappa shape index (κ1) is 24.7. The lowest BCUT2D eigenvalue weighted by molar-refractivity contribution is -0.138. The third-order valence-corrected chi connectivity index (χ3v) is 7.09. The molecule has 0 bridgehead atoms. The van der Waals surface area contributed by atoms with Gasteiger partial charge in [0, 0.05) is 16.1 Å². The van der Waals surface area contributed by atoms with Crippen LogP contribution in [0.15, 0.2) is 46.8 Å². The molecule has 2 aromatic carbocycles. The maximum absolute atomic E-state index is 15.0. The molecular formula is C24H15Cl2F2N3O3S. The van der Waals surface area contributed by atoms with Crippen LogP contribution in [0, 0.1) is 23.0 Å². The molecule has 178 valence electrons. The van der Waals surface area contributed by atoms with Crippen molar-refractivity contribution in [3.05, 3.63) is 94.3 Å². The number of nitriles is 1. The summed E-state index contributed by atoms with van der Waals surface area (Å²) in [6.07, 6.45) is 1.23. The molecule has 1 atom stereocenters. The lowest BCUT2D eigenvalue weighted by Gasteiger charge is -2.26. The monoisotopic (exact) mass is 533 g/mol. The number of thiazole rings is 1. The van der Waals surface area contributed by atoms with Crippen molar-refractivity contribution in [2.24, 2.45) is 5.73 Å². The summed E-state index contributed by atoms with van der Waals surface area (Å²) in [5, 5.41) is 10.1. The Morgan fingerprint density at radius 3 is 2.49 bits per heavy atom. The van der Waals surface area contributed by atoms with Gasteiger partial charge in [-0.3, -0.25) is 9.36 Å². The van der Waals surface area contributed by atoms with E-state index in [2.05, 4.69) is 0 Å². The zero-order valence-corrected chi connectivity index (χ0v) is 20.3. The number of fused-ring (bicyclic) bond motifs is 1. The summed E-state index contributed by atoms with van der Waals surface area (Å²) in [4.78, 5) is 26.3. The molecule has 0 amide bonds. The molecule has 0 radical (unpaired) electrons. The molecule has 1 aromatic heterocycles. The molecule has 3 aromatic rings. The fraction of sp³-hybridized carbons (Fsp3) is 0.125. The smallest absolute Gasteiger partial charge is 0.338 e. The third kappa shape index (κ3) is 4.14. The highest BCUT2D eigenvalue weighted by Crippen LogP contribution is 2.41. The number of benzene rings is 2. The quantitative estimate of drug-likeness (QED) is 0.517. The van der Waals surface area contributed by atoms with Gasteiger partial charge in [0.1, 0.15) is 22.1 Å². The highest BCUT2D eigenvalue weighted by atomic mass is 35.5. The zero-order chi connectivity index (χ0) is 25.4. The average molecular weight is 534 g/mol. The minimum atomic E-state index is -1.34. The number of ether oxygens (including phenoxy) is 1. The summed E-state index contributed by atoms with van der Waals surface area (Å²) in [6.45, 7) is 1.52. The van der Waals surface area contributed by atoms with Crippen molar-refractivity contribution in [1.82, 2.24) is 4.57 Å². The molecule has 2 N–H and O–H groups in total. The summed E-state index contributed by atoms with van der Waals surface area (Å²) in [5.41, 5.74) is 4.92. The molecule has 1 aliphatic heterocycles. The number of carbonyl (C=O) groups excluding carboxylic acids is 1. The predicted molar refractivity (Wildman–Crippen MR) is 130 cm³/mol. The third-order valence-electron chi connectivity index (χ3n) is 5.33. The number of nitrogens with zero attached hydrogens (tertiary/aromatic N) is 2. The molecule has 0 saturated heterocycles. The van der Waals surface area contributed by atoms with E-state index >= 15 is 0 Å². The zero-order valence-electron chi connectivity index (χ0n) is 17.9. The van der Waals surface area contributed by atoms with Crippen LogP contribution in [0.2, 0.25) is 10.0 Å². The number of aromatic nitrogens is 1. The minimum Gasteiger partial charge on any atom is -0.463 e. The molecule has 0 aliphatic carbocycles. The second kappa shape index (κ2) is 9.66. The Hall–Kier alpha value is -3.45. The van der Waals surface area contributed by atoms with E-state index in [4.69, 9.17) is 33.7 Å². The molecular weight excluding hydrogens is 519 g/mol. The van der Waals surface area contributed by atoms with Crippen LogP contribution >= 0.6 is 34.5 Å². The fourth-order valence-corrected chi connectivity index (χ4v) is 5.42. The molecule has 35 heavy (non-hydrogen) atoms. The highest BCUT2D eigenvalue weighted by Gasteiger charge is 2.39. The fourth-order valence-electron chi connectivity index (χ4n) is 3.82. The molecule has 11 heteroatoms. The molecule has 0 spiro atoms. The Labute approximate surface area is 211 Å². The molecule has 1 aliphatic rings. The van der Waals surface area contributed by atoms with Gasteiger partial charge in [-0.2, -0.15) is 5.26 Å². The number of carbonyl (C=O) groups is 1. The summed E-state index contributed by atoms with van der Waals surface area (Å²) in [6, 6.07) is 9.93. The summed E-state index contributed by atoms with van der Waals surface area (Å²) in [5.74, 6) is -4.06. The van der Waals surface area contributed by atoms with Gasteiger partial charge in [0.15, 0.2) is 0 Å². The van der Waals surface area contributed by atoms with Gasteiger partial charge in [-0.05, 0) is 37.3 Å². The van der Waals surface area contributed by atoms with E-state index in [0.717, 1.165) is 22.0 Å². The van der Waals surface area contributed by atoms with E-state index < -0.39 is 29.1 Å². The second-order valence-corrected chi connectivity index (χ2v) is 9.15. The Bertz CT molecular complexity index is 1600. The number of halogens is 4. The topological polar surface area (TPSA) is 98.1 Å². The first-order chi connectivity index (χ1) is 16.7. The van der Waals surface area contributed by atoms with Crippen LogP contribution in [0.1, 0.15) is 24.0 Å². The van der Waals surface area contributed by atoms with Crippen molar-refractivity contribution in [1.29, 1.82) is 5.26 Å². The van der Waals surface area contributed by atoms with Crippen LogP contribution in [0.3, 0.4) is 0 Å². The van der Waals surface area contributed by atoms with Gasteiger partial charge in [-0.15, -0.1) is 11.3 Å². The number of rotatable bonds is 4. The summed E-state index contributed by atoms with van der Waals surface area (Å²) >= 11 is 13.2. The van der Waals surface area contributed by atoms with Crippen LogP contribution in [-0.4, -0.2) is 17.1 Å². The van der Waals surface area contributed by atoms with E-state index in [1.807, 2.05) is 6.07 Å². The van der Waals surface area contributed by atoms with Crippen molar-refractivity contribution in [2.75, 3.05) is 6.61 Å². The van der Waals surface area contributed by atoms with E-state index in [9.17, 15) is 23.6 Å². The van der Waals surface area contributed by atoms with Gasteiger partial charge in [-0.25, -0.2) is 13.6 Å². The van der Waals surface area contributed by atoms with Crippen LogP contribution in [0.5, 0.6) is 0 Å². The largest absolute Gasteiger partial charge is 0.463 e. The maximum Gasteiger partial charge on any atom is 0.338 e. The number of hydrogen-bond acceptors (Lipinski definition) is 6. The van der Waals surface area contributed by atoms with E-state index in [0.29, 0.717) is 0 Å². The molecule has 6 nitrogen and oxygen atoms in total. The highest BCUT2D eigenvalue weighted by molar-refractivity contribution is 7.07. The predicted octanol–water partition coefficient (Wildman–Crippen LogP) is 3.49. The minimum absolute atomic E-state index is 0.00816. The van der Waals surface area contributed by atoms with Crippen molar-refractivity contribution < 1.29 is 18.3 Å². The Morgan fingerprint density at radius 2 is 1.89 bits per heavy atom. The number of nitrogens with two attached hydrogens (primary N) is 1. The standard InChI is InChI=1S/C24H15Cl2F2N3O3S/c1-2-34-24(33)20-18(19-14(26)6-4-8-16(19)28)12(10-29)23-31(21(20)30)22(32)17(35-23)9-11-13(25)5-3-7-15(11)27/h3-9,18H,2,30H2,1H3/b17-9-/t18-/m1/s1. The number of hydrogen-bond donors (Lipinski definition) is 1. The van der Waals surface area contributed by atoms with Gasteiger partial charge in [0.25, 0.3) is 5.56 Å². The average Bonchev–Trinajstić information content (AvgIpc) is 3.13. The molecule has 0 fully saturated rings. The second-order valence-electron chi connectivity index (χ2n) is 7.30. The van der Waals surface area contributed by atoms with Crippen LogP contribution in [0.4, 0.5) is 8.78 Å². The van der Waals surface area contributed by atoms with E-state index in [-0.39, 0.29) is 53.9 Å². The Kier molecular flexibility index (Phi) is 6.81. The maximum atomic E-state index is 15.0. The van der Waals surface area contributed by atoms with Crippen molar-refractivity contribution in [2.45, 2.75) is 12.8 Å². The van der Waals surface area contributed by atoms with Crippen molar-refractivity contribution in [3.8, 4) is 6.07 Å². The SMILES string of the molecule is CCOC(=O)C1=C(N)n2c(s/c(=C\c3c(F)cccc3Cl)c2=O)=C(C#N)[C@@H]1c1c(F)cccc1Cl. The van der Waals surface area contributed by atoms with Gasteiger partial charge >= 0.3 is 5.97 Å². The summed E-state index contributed by atoms with van der Waals surface area (Å²) < 4.78 is 35.5. The lowest BCUT2D eigenvalue weighted by atomic mass is 9.83. The van der Waals surface area contributed by atoms with Gasteiger partial charge < -0.3 is 10.5 Å². The molecule has 2 heterocycles. The summed E-state index contributed by atoms with van der Waals surface area (Å²) in [7, 11) is 0. The van der Waals surface area contributed by atoms with Crippen molar-refractivity contribution in [3.63, 3.8) is 0 Å². The van der Waals surface area contributed by atoms with Gasteiger partial charge in [0.05, 0.1) is 39.3 Å². The molecule has 0 saturated carbocycles. The normalized spacial score (nSPS) is 15.7. The van der Waals surface area contributed by atoms with Gasteiger partial charge in [-0.1, -0.05) is 35.3 Å². The van der Waals surface area contributed by atoms with Crippen LogP contribution in [0.25, 0.3) is 17.5 Å². The van der Waals surface area contributed by atoms with Crippen LogP contribution < -0.4 is 20.5 Å². The Balaban J connectivity index is 2.15. The Morgan fingerprint density at radius 1 is 1.23 bits per heavy atom. The van der Waals surface area contributed by atoms with Crippen molar-refractivity contribution >= 4 is 58.0 Å². The van der Waals surface area contributed by atoms with E-state index in [1.54, 1.807) is 6.92 Å². The van der Waals surface area contributed by atoms with Crippen LogP contribution in [-0.2, 0) is 9.53 Å². The first-order valence-electron chi connectivity index (χ1n) is 10.1. The first-order valence-corrected chi connectivity index (χ1v) is 11.7. The lowest BCUT2D eigenvalue weighted by Crippen LogP contribution is -2.40. The molecule has 0 unspecified atom stereocenters. The number of esters is 1. The van der Waals surface area contributed by atoms with E-state index in [1.165, 1.54) is 36.4 Å².